The third kappa shape index (κ3) is 2.84. The molecule has 1 aliphatic carbocycles. The molecule has 3 heterocycles. The lowest BCUT2D eigenvalue weighted by Crippen LogP contribution is -2.43. The molecule has 3 atom stereocenters. The number of hydrogen-bond donors (Lipinski definition) is 2. The van der Waals surface area contributed by atoms with Crippen LogP contribution in [-0.4, -0.2) is 28.5 Å². The normalized spacial score (nSPS) is 24.9. The maximum atomic E-state index is 14.3. The van der Waals surface area contributed by atoms with Gasteiger partial charge in [0.2, 0.25) is 0 Å². The van der Waals surface area contributed by atoms with Gasteiger partial charge in [-0.3, -0.25) is 4.98 Å². The zero-order valence-corrected chi connectivity index (χ0v) is 16.1. The van der Waals surface area contributed by atoms with Gasteiger partial charge in [-0.25, -0.2) is 23.1 Å². The zero-order valence-electron chi connectivity index (χ0n) is 15.3. The van der Waals surface area contributed by atoms with Gasteiger partial charge in [0.15, 0.2) is 17.2 Å². The summed E-state index contributed by atoms with van der Waals surface area (Å²) >= 11 is 6.32. The van der Waals surface area contributed by atoms with Crippen molar-refractivity contribution in [2.24, 2.45) is 16.6 Å². The van der Waals surface area contributed by atoms with Gasteiger partial charge in [0.1, 0.15) is 11.6 Å². The molecule has 1 saturated carbocycles. The summed E-state index contributed by atoms with van der Waals surface area (Å²) in [7, 11) is 0. The summed E-state index contributed by atoms with van der Waals surface area (Å²) in [6.07, 6.45) is -0.246. The average Bonchev–Trinajstić information content (AvgIpc) is 3.50. The Hall–Kier alpha value is -3.07. The molecule has 0 unspecified atom stereocenters. The Morgan fingerprint density at radius 1 is 1.27 bits per heavy atom. The molecule has 10 heteroatoms. The number of nitrogens with zero attached hydrogens (tertiary/aromatic N) is 3. The first kappa shape index (κ1) is 18.9. The van der Waals surface area contributed by atoms with Crippen molar-refractivity contribution in [3.05, 3.63) is 59.1 Å². The molecule has 3 aromatic rings. The van der Waals surface area contributed by atoms with Crippen molar-refractivity contribution >= 4 is 40.0 Å². The van der Waals surface area contributed by atoms with E-state index in [-0.39, 0.29) is 27.8 Å². The Kier molecular flexibility index (Phi) is 4.25. The fraction of sp³-hybridized carbons (Fsp3) is 0.250. The van der Waals surface area contributed by atoms with E-state index in [1.807, 2.05) is 0 Å². The van der Waals surface area contributed by atoms with E-state index in [0.717, 1.165) is 6.20 Å². The van der Waals surface area contributed by atoms with Crippen LogP contribution in [0.15, 0.2) is 47.7 Å². The van der Waals surface area contributed by atoms with Gasteiger partial charge in [-0.05, 0) is 36.8 Å². The molecule has 0 radical (unpaired) electrons. The molecule has 30 heavy (non-hydrogen) atoms. The minimum atomic E-state index is -2.84. The molecular formula is C20H15ClF3N5O. The lowest BCUT2D eigenvalue weighted by molar-refractivity contribution is 0.0197. The second-order valence-electron chi connectivity index (χ2n) is 7.25. The van der Waals surface area contributed by atoms with Crippen LogP contribution in [0, 0.1) is 11.7 Å². The van der Waals surface area contributed by atoms with Gasteiger partial charge in [-0.15, -0.1) is 0 Å². The Labute approximate surface area is 173 Å². The highest BCUT2D eigenvalue weighted by Crippen LogP contribution is 2.57. The molecule has 1 aliphatic heterocycles. The van der Waals surface area contributed by atoms with Gasteiger partial charge in [-0.2, -0.15) is 0 Å². The maximum absolute atomic E-state index is 14.3. The summed E-state index contributed by atoms with van der Waals surface area (Å²) in [6, 6.07) is 7.52. The number of pyridine rings is 2. The van der Waals surface area contributed by atoms with Crippen molar-refractivity contribution < 1.29 is 17.9 Å². The summed E-state index contributed by atoms with van der Waals surface area (Å²) < 4.78 is 48.0. The first-order valence-corrected chi connectivity index (χ1v) is 9.54. The second-order valence-corrected chi connectivity index (χ2v) is 7.66. The zero-order chi connectivity index (χ0) is 21.0. The number of nitrogens with one attached hydrogen (secondary N) is 1. The van der Waals surface area contributed by atoms with Gasteiger partial charge in [0, 0.05) is 33.8 Å². The lowest BCUT2D eigenvalue weighted by atomic mass is 9.84. The Morgan fingerprint density at radius 2 is 2.10 bits per heavy atom. The van der Waals surface area contributed by atoms with Gasteiger partial charge >= 0.3 is 0 Å². The van der Waals surface area contributed by atoms with E-state index >= 15 is 0 Å². The molecule has 3 N–H and O–H groups in total. The molecule has 154 valence electrons. The number of hydrogen-bond acceptors (Lipinski definition) is 6. The molecule has 2 aliphatic rings. The van der Waals surface area contributed by atoms with Crippen LogP contribution in [0.3, 0.4) is 0 Å². The second kappa shape index (κ2) is 6.73. The Bertz CT molecular complexity index is 1190. The number of rotatable bonds is 4. The van der Waals surface area contributed by atoms with Crippen LogP contribution in [0.25, 0.3) is 10.9 Å². The molecule has 6 nitrogen and oxygen atoms in total. The van der Waals surface area contributed by atoms with Crippen molar-refractivity contribution in [1.82, 2.24) is 9.97 Å². The van der Waals surface area contributed by atoms with Gasteiger partial charge in [0.05, 0.1) is 6.20 Å². The minimum Gasteiger partial charge on any atom is -0.462 e. The topological polar surface area (TPSA) is 85.4 Å². The monoisotopic (exact) mass is 433 g/mol. The molecule has 0 bridgehead atoms. The van der Waals surface area contributed by atoms with Crippen LogP contribution in [0.4, 0.5) is 24.7 Å². The summed E-state index contributed by atoms with van der Waals surface area (Å²) in [5, 5.41) is 3.45. The van der Waals surface area contributed by atoms with Crippen molar-refractivity contribution in [2.45, 2.75) is 24.5 Å². The number of amidine groups is 1. The number of ether oxygens (including phenoxy) is 1. The standard InChI is InChI=1S/C20H15ClF3N5O/c21-13-4-3-9(28-17-16-10(2-1-5-26-16)14(22)8-27-17)6-11(13)20(18(23)24)12-7-15(12)30-19(25)29-20/h1-6,8,12,15,18H,7H2,(H2,25,29)(H,27,28)/t12-,15+,20+/m0/s1. The number of anilines is 2. The maximum Gasteiger partial charge on any atom is 0.283 e. The average molecular weight is 434 g/mol. The van der Waals surface area contributed by atoms with Crippen LogP contribution in [-0.2, 0) is 10.3 Å². The molecule has 1 fully saturated rings. The molecule has 0 spiro atoms. The molecule has 5 rings (SSSR count). The predicted molar refractivity (Wildman–Crippen MR) is 107 cm³/mol. The van der Waals surface area contributed by atoms with Crippen LogP contribution in [0.5, 0.6) is 0 Å². The first-order chi connectivity index (χ1) is 14.4. The summed E-state index contributed by atoms with van der Waals surface area (Å²) in [5.74, 6) is -0.751. The molecule has 0 amide bonds. The number of benzene rings is 1. The van der Waals surface area contributed by atoms with Crippen LogP contribution < -0.4 is 11.1 Å². The Morgan fingerprint density at radius 3 is 2.90 bits per heavy atom. The summed E-state index contributed by atoms with van der Waals surface area (Å²) in [4.78, 5) is 12.2. The number of aromatic nitrogens is 2. The SMILES string of the molecule is NC1=N[C@@](c2cc(Nc3ncc(F)c4cccnc34)ccc2Cl)(C(F)F)[C@H]2C[C@H]2O1. The first-order valence-electron chi connectivity index (χ1n) is 9.16. The smallest absolute Gasteiger partial charge is 0.283 e. The molecule has 1 aromatic carbocycles. The third-order valence-corrected chi connectivity index (χ3v) is 5.78. The van der Waals surface area contributed by atoms with Crippen molar-refractivity contribution in [3.8, 4) is 0 Å². The van der Waals surface area contributed by atoms with E-state index in [1.54, 1.807) is 18.2 Å². The van der Waals surface area contributed by atoms with E-state index in [2.05, 4.69) is 20.3 Å². The van der Waals surface area contributed by atoms with E-state index in [9.17, 15) is 13.2 Å². The quantitative estimate of drug-likeness (QED) is 0.638. The number of alkyl halides is 2. The number of fused-ring (bicyclic) bond motifs is 2. The van der Waals surface area contributed by atoms with Gasteiger partial charge < -0.3 is 15.8 Å². The van der Waals surface area contributed by atoms with E-state index in [0.29, 0.717) is 17.6 Å². The number of halogens is 4. The lowest BCUT2D eigenvalue weighted by Gasteiger charge is -2.33. The fourth-order valence-corrected chi connectivity index (χ4v) is 4.25. The van der Waals surface area contributed by atoms with E-state index in [1.165, 1.54) is 18.3 Å². The van der Waals surface area contributed by atoms with Crippen molar-refractivity contribution in [2.75, 3.05) is 5.32 Å². The van der Waals surface area contributed by atoms with Gasteiger partial charge in [0.25, 0.3) is 12.4 Å². The van der Waals surface area contributed by atoms with Gasteiger partial charge in [-0.1, -0.05) is 11.6 Å². The van der Waals surface area contributed by atoms with Crippen LogP contribution in [0.2, 0.25) is 5.02 Å². The number of nitrogens with two attached hydrogens (primary N) is 1. The third-order valence-electron chi connectivity index (χ3n) is 5.45. The highest BCUT2D eigenvalue weighted by atomic mass is 35.5. The molecule has 2 aromatic heterocycles. The van der Waals surface area contributed by atoms with Crippen molar-refractivity contribution in [1.29, 1.82) is 0 Å². The predicted octanol–water partition coefficient (Wildman–Crippen LogP) is 4.36. The minimum absolute atomic E-state index is 0.139. The fourth-order valence-electron chi connectivity index (χ4n) is 3.98. The van der Waals surface area contributed by atoms with Crippen molar-refractivity contribution in [3.63, 3.8) is 0 Å². The van der Waals surface area contributed by atoms with E-state index in [4.69, 9.17) is 22.1 Å². The van der Waals surface area contributed by atoms with E-state index < -0.39 is 29.8 Å². The highest BCUT2D eigenvalue weighted by molar-refractivity contribution is 6.31. The van der Waals surface area contributed by atoms with Crippen LogP contribution >= 0.6 is 11.6 Å². The number of aliphatic imine (C=N–C) groups is 1. The Balaban J connectivity index is 1.60. The highest BCUT2D eigenvalue weighted by Gasteiger charge is 2.64. The molecular weight excluding hydrogens is 419 g/mol. The summed E-state index contributed by atoms with van der Waals surface area (Å²) in [6.45, 7) is 0. The summed E-state index contributed by atoms with van der Waals surface area (Å²) in [5.41, 5.74) is 4.66. The molecule has 0 saturated heterocycles. The van der Waals surface area contributed by atoms with Crippen LogP contribution in [0.1, 0.15) is 12.0 Å². The largest absolute Gasteiger partial charge is 0.462 e.